The highest BCUT2D eigenvalue weighted by Gasteiger charge is 2.15. The lowest BCUT2D eigenvalue weighted by Crippen LogP contribution is -2.34. The van der Waals surface area contributed by atoms with E-state index < -0.39 is 6.10 Å². The van der Waals surface area contributed by atoms with E-state index in [-0.39, 0.29) is 11.6 Å². The third-order valence-electron chi connectivity index (χ3n) is 3.36. The molecule has 0 spiro atoms. The molecule has 2 rings (SSSR count). The first-order valence-corrected chi connectivity index (χ1v) is 6.67. The summed E-state index contributed by atoms with van der Waals surface area (Å²) in [5.41, 5.74) is 0.749. The Morgan fingerprint density at radius 1 is 1.42 bits per heavy atom. The molecule has 19 heavy (non-hydrogen) atoms. The van der Waals surface area contributed by atoms with E-state index in [2.05, 4.69) is 10.2 Å². The van der Waals surface area contributed by atoms with Crippen LogP contribution < -0.4 is 10.1 Å². The molecule has 0 aromatic heterocycles. The highest BCUT2D eigenvalue weighted by molar-refractivity contribution is 5.48. The van der Waals surface area contributed by atoms with Crippen molar-refractivity contribution in [1.29, 1.82) is 0 Å². The van der Waals surface area contributed by atoms with Gasteiger partial charge in [0, 0.05) is 24.8 Å². The number of benzene rings is 1. The number of anilines is 1. The number of rotatable bonds is 6. The van der Waals surface area contributed by atoms with Crippen LogP contribution in [0.3, 0.4) is 0 Å². The molecule has 1 saturated heterocycles. The van der Waals surface area contributed by atoms with Crippen molar-refractivity contribution in [3.8, 4) is 5.75 Å². The Morgan fingerprint density at radius 3 is 2.84 bits per heavy atom. The molecular formula is C14H21FN2O2. The molecule has 0 aliphatic carbocycles. The fourth-order valence-electron chi connectivity index (χ4n) is 2.33. The minimum absolute atomic E-state index is 0.207. The Labute approximate surface area is 113 Å². The van der Waals surface area contributed by atoms with Gasteiger partial charge in [-0.2, -0.15) is 0 Å². The Kier molecular flexibility index (Phi) is 4.99. The predicted molar refractivity (Wildman–Crippen MR) is 73.1 cm³/mol. The molecule has 1 atom stereocenters. The Morgan fingerprint density at radius 2 is 2.16 bits per heavy atom. The van der Waals surface area contributed by atoms with E-state index in [4.69, 9.17) is 4.74 Å². The van der Waals surface area contributed by atoms with Gasteiger partial charge < -0.3 is 20.1 Å². The van der Waals surface area contributed by atoms with Gasteiger partial charge in [-0.15, -0.1) is 0 Å². The highest BCUT2D eigenvalue weighted by atomic mass is 19.1. The van der Waals surface area contributed by atoms with Crippen LogP contribution in [0, 0.1) is 5.82 Å². The molecule has 1 fully saturated rings. The maximum atomic E-state index is 13.2. The molecule has 0 amide bonds. The molecular weight excluding hydrogens is 247 g/mol. The summed E-state index contributed by atoms with van der Waals surface area (Å²) in [6.45, 7) is 3.28. The van der Waals surface area contributed by atoms with Crippen LogP contribution in [0.2, 0.25) is 0 Å². The summed E-state index contributed by atoms with van der Waals surface area (Å²) in [7, 11) is 1.43. The number of hydrogen-bond acceptors (Lipinski definition) is 4. The van der Waals surface area contributed by atoms with Gasteiger partial charge in [-0.3, -0.25) is 0 Å². The highest BCUT2D eigenvalue weighted by Crippen LogP contribution is 2.21. The number of likely N-dealkylation sites (tertiary alicyclic amines) is 1. The normalized spacial score (nSPS) is 17.4. The maximum absolute atomic E-state index is 13.2. The molecule has 0 saturated carbocycles. The number of nitrogens with zero attached hydrogens (tertiary/aromatic N) is 1. The largest absolute Gasteiger partial charge is 0.494 e. The molecule has 0 bridgehead atoms. The summed E-state index contributed by atoms with van der Waals surface area (Å²) >= 11 is 0. The van der Waals surface area contributed by atoms with E-state index in [0.717, 1.165) is 18.8 Å². The van der Waals surface area contributed by atoms with E-state index >= 15 is 0 Å². The monoisotopic (exact) mass is 268 g/mol. The minimum Gasteiger partial charge on any atom is -0.494 e. The number of aliphatic hydroxyl groups excluding tert-OH is 1. The number of hydrogen-bond donors (Lipinski definition) is 2. The molecule has 4 nitrogen and oxygen atoms in total. The van der Waals surface area contributed by atoms with E-state index in [0.29, 0.717) is 13.1 Å². The number of ether oxygens (including phenoxy) is 1. The van der Waals surface area contributed by atoms with Crippen molar-refractivity contribution < 1.29 is 14.2 Å². The van der Waals surface area contributed by atoms with Crippen molar-refractivity contribution in [1.82, 2.24) is 4.90 Å². The van der Waals surface area contributed by atoms with Crippen molar-refractivity contribution in [3.63, 3.8) is 0 Å². The summed E-state index contributed by atoms with van der Waals surface area (Å²) < 4.78 is 18.1. The second kappa shape index (κ2) is 6.73. The summed E-state index contributed by atoms with van der Waals surface area (Å²) in [6.07, 6.45) is 2.01. The molecule has 106 valence electrons. The van der Waals surface area contributed by atoms with Gasteiger partial charge in [0.2, 0.25) is 0 Å². The van der Waals surface area contributed by atoms with Crippen LogP contribution in [-0.4, -0.2) is 49.4 Å². The average Bonchev–Trinajstić information content (AvgIpc) is 2.90. The van der Waals surface area contributed by atoms with Crippen LogP contribution in [0.1, 0.15) is 12.8 Å². The van der Waals surface area contributed by atoms with Gasteiger partial charge in [-0.05, 0) is 38.1 Å². The maximum Gasteiger partial charge on any atom is 0.165 e. The second-order valence-electron chi connectivity index (χ2n) is 4.89. The molecule has 1 aromatic rings. The summed E-state index contributed by atoms with van der Waals surface area (Å²) in [6, 6.07) is 4.59. The third kappa shape index (κ3) is 4.08. The van der Waals surface area contributed by atoms with Gasteiger partial charge in [0.25, 0.3) is 0 Å². The number of aliphatic hydroxyl groups is 1. The quantitative estimate of drug-likeness (QED) is 0.824. The van der Waals surface area contributed by atoms with E-state index in [1.165, 1.54) is 26.0 Å². The van der Waals surface area contributed by atoms with E-state index in [9.17, 15) is 9.50 Å². The van der Waals surface area contributed by atoms with Crippen molar-refractivity contribution in [2.75, 3.05) is 38.6 Å². The Hall–Kier alpha value is -1.33. The van der Waals surface area contributed by atoms with Gasteiger partial charge in [0.05, 0.1) is 13.2 Å². The van der Waals surface area contributed by atoms with Gasteiger partial charge >= 0.3 is 0 Å². The van der Waals surface area contributed by atoms with Crippen LogP contribution in [-0.2, 0) is 0 Å². The SMILES string of the molecule is COc1cc(NCC(O)CN2CCCC2)ccc1F. The van der Waals surface area contributed by atoms with Crippen molar-refractivity contribution >= 4 is 5.69 Å². The van der Waals surface area contributed by atoms with Gasteiger partial charge in [-0.25, -0.2) is 4.39 Å². The van der Waals surface area contributed by atoms with Crippen LogP contribution in [0.4, 0.5) is 10.1 Å². The van der Waals surface area contributed by atoms with Crippen molar-refractivity contribution in [3.05, 3.63) is 24.0 Å². The fourth-order valence-corrected chi connectivity index (χ4v) is 2.33. The zero-order valence-electron chi connectivity index (χ0n) is 11.2. The summed E-state index contributed by atoms with van der Waals surface area (Å²) in [5.74, 6) is -0.176. The van der Waals surface area contributed by atoms with E-state index in [1.807, 2.05) is 0 Å². The van der Waals surface area contributed by atoms with Gasteiger partial charge in [-0.1, -0.05) is 0 Å². The molecule has 1 unspecified atom stereocenters. The van der Waals surface area contributed by atoms with Crippen LogP contribution in [0.5, 0.6) is 5.75 Å². The zero-order valence-corrected chi connectivity index (χ0v) is 11.2. The lowest BCUT2D eigenvalue weighted by molar-refractivity contribution is 0.135. The standard InChI is InChI=1S/C14H21FN2O2/c1-19-14-8-11(4-5-13(14)15)16-9-12(18)10-17-6-2-3-7-17/h4-5,8,12,16,18H,2-3,6-7,9-10H2,1H3. The number of halogens is 1. The molecule has 0 radical (unpaired) electrons. The van der Waals surface area contributed by atoms with Crippen LogP contribution in [0.25, 0.3) is 0 Å². The van der Waals surface area contributed by atoms with Gasteiger partial charge in [0.1, 0.15) is 0 Å². The molecule has 1 aliphatic rings. The summed E-state index contributed by atoms with van der Waals surface area (Å²) in [4.78, 5) is 2.26. The average molecular weight is 268 g/mol. The first-order chi connectivity index (χ1) is 9.19. The first-order valence-electron chi connectivity index (χ1n) is 6.67. The molecule has 1 heterocycles. The number of β-amino-alcohol motifs (C(OH)–C–C–N with tert-alkyl or cyclic N) is 1. The number of nitrogens with one attached hydrogen (secondary N) is 1. The predicted octanol–water partition coefficient (Wildman–Crippen LogP) is 1.70. The Balaban J connectivity index is 1.80. The topological polar surface area (TPSA) is 44.7 Å². The first kappa shape index (κ1) is 14.1. The zero-order chi connectivity index (χ0) is 13.7. The van der Waals surface area contributed by atoms with E-state index in [1.54, 1.807) is 12.1 Å². The lowest BCUT2D eigenvalue weighted by Gasteiger charge is -2.20. The summed E-state index contributed by atoms with van der Waals surface area (Å²) in [5, 5.41) is 13.0. The van der Waals surface area contributed by atoms with Crippen molar-refractivity contribution in [2.45, 2.75) is 18.9 Å². The van der Waals surface area contributed by atoms with Crippen LogP contribution in [0.15, 0.2) is 18.2 Å². The Bertz CT molecular complexity index is 408. The minimum atomic E-state index is -0.422. The smallest absolute Gasteiger partial charge is 0.165 e. The molecule has 2 N–H and O–H groups in total. The fraction of sp³-hybridized carbons (Fsp3) is 0.571. The van der Waals surface area contributed by atoms with Crippen molar-refractivity contribution in [2.24, 2.45) is 0 Å². The van der Waals surface area contributed by atoms with Crippen LogP contribution >= 0.6 is 0 Å². The third-order valence-corrected chi connectivity index (χ3v) is 3.36. The second-order valence-corrected chi connectivity index (χ2v) is 4.89. The number of methoxy groups -OCH3 is 1. The molecule has 5 heteroatoms. The molecule has 1 aromatic carbocycles. The van der Waals surface area contributed by atoms with Gasteiger partial charge in [0.15, 0.2) is 11.6 Å². The molecule has 1 aliphatic heterocycles. The lowest BCUT2D eigenvalue weighted by atomic mass is 10.2.